The van der Waals surface area contributed by atoms with Crippen LogP contribution in [-0.4, -0.2) is 44.0 Å². The van der Waals surface area contributed by atoms with Crippen molar-refractivity contribution in [3.8, 4) is 0 Å². The molecule has 1 aliphatic heterocycles. The molecule has 0 radical (unpaired) electrons. The number of benzene rings is 2. The summed E-state index contributed by atoms with van der Waals surface area (Å²) in [4.78, 5) is 13.3. The molecule has 0 amide bonds. The first-order chi connectivity index (χ1) is 12.5. The summed E-state index contributed by atoms with van der Waals surface area (Å²) in [5.74, 6) is -1.15. The van der Waals surface area contributed by atoms with Crippen LogP contribution in [0.15, 0.2) is 59.5 Å². The van der Waals surface area contributed by atoms with Crippen LogP contribution in [0.4, 0.5) is 0 Å². The molecule has 0 aliphatic carbocycles. The average molecular weight is 374 g/mol. The first-order valence-corrected chi connectivity index (χ1v) is 10.1. The highest BCUT2D eigenvalue weighted by Gasteiger charge is 2.25. The van der Waals surface area contributed by atoms with Crippen LogP contribution in [0.5, 0.6) is 0 Å². The lowest BCUT2D eigenvalue weighted by Gasteiger charge is -2.28. The molecule has 2 aromatic rings. The van der Waals surface area contributed by atoms with Crippen LogP contribution in [0, 0.1) is 0 Å². The van der Waals surface area contributed by atoms with E-state index < -0.39 is 16.0 Å². The van der Waals surface area contributed by atoms with Gasteiger partial charge in [0.2, 0.25) is 10.0 Å². The van der Waals surface area contributed by atoms with Crippen molar-refractivity contribution in [1.82, 2.24) is 9.62 Å². The first-order valence-electron chi connectivity index (χ1n) is 8.59. The molecule has 2 N–H and O–H groups in total. The monoisotopic (exact) mass is 374 g/mol. The van der Waals surface area contributed by atoms with Crippen LogP contribution in [0.3, 0.4) is 0 Å². The van der Waals surface area contributed by atoms with Crippen molar-refractivity contribution in [2.45, 2.75) is 23.8 Å². The lowest BCUT2D eigenvalue weighted by molar-refractivity contribution is 0.0696. The van der Waals surface area contributed by atoms with E-state index in [9.17, 15) is 13.2 Å². The summed E-state index contributed by atoms with van der Waals surface area (Å²) < 4.78 is 27.9. The molecule has 1 heterocycles. The SMILES string of the molecule is O=C(O)c1cccc(S(=O)(=O)NCC(c2ccccc2)N2CCCC2)c1. The standard InChI is InChI=1S/C19H22N2O4S/c22-19(23)16-9-6-10-17(13-16)26(24,25)20-14-18(21-11-4-5-12-21)15-7-2-1-3-8-15/h1-3,6-10,13,18,20H,4-5,11-12,14H2,(H,22,23). The van der Waals surface area contributed by atoms with Gasteiger partial charge in [0.1, 0.15) is 0 Å². The number of carboxylic acids is 1. The van der Waals surface area contributed by atoms with Crippen LogP contribution >= 0.6 is 0 Å². The molecule has 1 fully saturated rings. The summed E-state index contributed by atoms with van der Waals surface area (Å²) in [7, 11) is -3.79. The molecule has 26 heavy (non-hydrogen) atoms. The number of likely N-dealkylation sites (tertiary alicyclic amines) is 1. The van der Waals surface area contributed by atoms with E-state index >= 15 is 0 Å². The number of rotatable bonds is 7. The number of hydrogen-bond donors (Lipinski definition) is 2. The smallest absolute Gasteiger partial charge is 0.335 e. The second kappa shape index (κ2) is 7.99. The number of carbonyl (C=O) groups is 1. The average Bonchev–Trinajstić information content (AvgIpc) is 3.17. The Labute approximate surface area is 153 Å². The Kier molecular flexibility index (Phi) is 5.70. The third kappa shape index (κ3) is 4.30. The number of nitrogens with one attached hydrogen (secondary N) is 1. The van der Waals surface area contributed by atoms with Crippen molar-refractivity contribution >= 4 is 16.0 Å². The van der Waals surface area contributed by atoms with Gasteiger partial charge in [-0.1, -0.05) is 36.4 Å². The minimum Gasteiger partial charge on any atom is -0.478 e. The van der Waals surface area contributed by atoms with Gasteiger partial charge in [-0.25, -0.2) is 17.9 Å². The largest absolute Gasteiger partial charge is 0.478 e. The van der Waals surface area contributed by atoms with Gasteiger partial charge in [-0.3, -0.25) is 4.90 Å². The number of hydrogen-bond acceptors (Lipinski definition) is 4. The van der Waals surface area contributed by atoms with E-state index in [1.165, 1.54) is 24.3 Å². The van der Waals surface area contributed by atoms with Gasteiger partial charge in [0.05, 0.1) is 10.5 Å². The number of nitrogens with zero attached hydrogens (tertiary/aromatic N) is 1. The summed E-state index contributed by atoms with van der Waals surface area (Å²) in [6, 6.07) is 15.2. The normalized spacial score (nSPS) is 16.5. The summed E-state index contributed by atoms with van der Waals surface area (Å²) >= 11 is 0. The van der Waals surface area contributed by atoms with Gasteiger partial charge in [-0.15, -0.1) is 0 Å². The first kappa shape index (κ1) is 18.6. The molecule has 1 saturated heterocycles. The maximum Gasteiger partial charge on any atom is 0.335 e. The van der Waals surface area contributed by atoms with E-state index in [-0.39, 0.29) is 23.0 Å². The van der Waals surface area contributed by atoms with Crippen molar-refractivity contribution in [2.24, 2.45) is 0 Å². The molecular formula is C19H22N2O4S. The molecule has 3 rings (SSSR count). The second-order valence-corrected chi connectivity index (χ2v) is 8.12. The van der Waals surface area contributed by atoms with E-state index in [1.54, 1.807) is 0 Å². The number of carboxylic acid groups (broad SMARTS) is 1. The highest BCUT2D eigenvalue weighted by molar-refractivity contribution is 7.89. The fourth-order valence-corrected chi connectivity index (χ4v) is 4.34. The van der Waals surface area contributed by atoms with Gasteiger partial charge < -0.3 is 5.11 Å². The van der Waals surface area contributed by atoms with Crippen LogP contribution in [0.1, 0.15) is 34.8 Å². The fraction of sp³-hybridized carbons (Fsp3) is 0.316. The molecule has 0 spiro atoms. The van der Waals surface area contributed by atoms with Gasteiger partial charge in [0, 0.05) is 12.6 Å². The predicted molar refractivity (Wildman–Crippen MR) is 98.6 cm³/mol. The Balaban J connectivity index is 1.79. The van der Waals surface area contributed by atoms with Crippen molar-refractivity contribution < 1.29 is 18.3 Å². The minimum absolute atomic E-state index is 0.0365. The number of aromatic carboxylic acids is 1. The Morgan fingerprint density at radius 1 is 1.08 bits per heavy atom. The lowest BCUT2D eigenvalue weighted by atomic mass is 10.1. The highest BCUT2D eigenvalue weighted by atomic mass is 32.2. The maximum absolute atomic E-state index is 12.6. The number of sulfonamides is 1. The third-order valence-corrected chi connectivity index (χ3v) is 6.05. The predicted octanol–water partition coefficient (Wildman–Crippen LogP) is 2.50. The Morgan fingerprint density at radius 2 is 1.77 bits per heavy atom. The van der Waals surface area contributed by atoms with Crippen molar-refractivity contribution in [3.05, 3.63) is 65.7 Å². The van der Waals surface area contributed by atoms with Crippen molar-refractivity contribution in [3.63, 3.8) is 0 Å². The molecule has 1 atom stereocenters. The van der Waals surface area contributed by atoms with Gasteiger partial charge in [0.25, 0.3) is 0 Å². The zero-order valence-corrected chi connectivity index (χ0v) is 15.2. The van der Waals surface area contributed by atoms with Crippen LogP contribution in [0.2, 0.25) is 0 Å². The van der Waals surface area contributed by atoms with Gasteiger partial charge in [-0.2, -0.15) is 0 Å². The van der Waals surface area contributed by atoms with Crippen LogP contribution < -0.4 is 4.72 Å². The summed E-state index contributed by atoms with van der Waals surface area (Å²) in [5, 5.41) is 9.06. The van der Waals surface area contributed by atoms with Gasteiger partial charge in [0.15, 0.2) is 0 Å². The summed E-state index contributed by atoms with van der Waals surface area (Å²) in [6.45, 7) is 2.12. The van der Waals surface area contributed by atoms with Crippen molar-refractivity contribution in [1.29, 1.82) is 0 Å². The third-order valence-electron chi connectivity index (χ3n) is 4.62. The Bertz CT molecular complexity index is 862. The lowest BCUT2D eigenvalue weighted by Crippen LogP contribution is -2.36. The van der Waals surface area contributed by atoms with E-state index in [0.717, 1.165) is 31.5 Å². The topological polar surface area (TPSA) is 86.7 Å². The maximum atomic E-state index is 12.6. The zero-order chi connectivity index (χ0) is 18.6. The summed E-state index contributed by atoms with van der Waals surface area (Å²) in [5.41, 5.74) is 1.02. The molecule has 0 aromatic heterocycles. The molecule has 2 aromatic carbocycles. The van der Waals surface area contributed by atoms with Crippen LogP contribution in [0.25, 0.3) is 0 Å². The van der Waals surface area contributed by atoms with E-state index in [2.05, 4.69) is 9.62 Å². The molecule has 1 aliphatic rings. The Morgan fingerprint density at radius 3 is 2.42 bits per heavy atom. The highest BCUT2D eigenvalue weighted by Crippen LogP contribution is 2.25. The molecule has 1 unspecified atom stereocenters. The van der Waals surface area contributed by atoms with E-state index in [4.69, 9.17) is 5.11 Å². The van der Waals surface area contributed by atoms with Crippen molar-refractivity contribution in [2.75, 3.05) is 19.6 Å². The summed E-state index contributed by atoms with van der Waals surface area (Å²) in [6.07, 6.45) is 2.22. The van der Waals surface area contributed by atoms with E-state index in [1.807, 2.05) is 30.3 Å². The van der Waals surface area contributed by atoms with Gasteiger partial charge in [-0.05, 0) is 49.7 Å². The fourth-order valence-electron chi connectivity index (χ4n) is 3.25. The van der Waals surface area contributed by atoms with Gasteiger partial charge >= 0.3 is 5.97 Å². The molecule has 6 nitrogen and oxygen atoms in total. The molecule has 0 saturated carbocycles. The zero-order valence-electron chi connectivity index (χ0n) is 14.3. The molecule has 7 heteroatoms. The van der Waals surface area contributed by atoms with Crippen LogP contribution in [-0.2, 0) is 10.0 Å². The molecule has 0 bridgehead atoms. The minimum atomic E-state index is -3.79. The quantitative estimate of drug-likeness (QED) is 0.778. The Hall–Kier alpha value is -2.22. The van der Waals surface area contributed by atoms with E-state index in [0.29, 0.717) is 0 Å². The molecule has 138 valence electrons. The second-order valence-electron chi connectivity index (χ2n) is 6.35. The molecular weight excluding hydrogens is 352 g/mol.